The lowest BCUT2D eigenvalue weighted by atomic mass is 9.96. The summed E-state index contributed by atoms with van der Waals surface area (Å²) in [7, 11) is 2.29. The van der Waals surface area contributed by atoms with Crippen LogP contribution in [0.2, 0.25) is 5.02 Å². The number of hydrogen-bond acceptors (Lipinski definition) is 5. The zero-order valence-electron chi connectivity index (χ0n) is 14.7. The Morgan fingerprint density at radius 1 is 1.15 bits per heavy atom. The topological polar surface area (TPSA) is 94.0 Å². The van der Waals surface area contributed by atoms with Crippen molar-refractivity contribution in [2.24, 2.45) is 0 Å². The van der Waals surface area contributed by atoms with Crippen molar-refractivity contribution in [3.63, 3.8) is 0 Å². The van der Waals surface area contributed by atoms with E-state index < -0.39 is 11.9 Å². The number of aromatic nitrogens is 1. The van der Waals surface area contributed by atoms with Gasteiger partial charge < -0.3 is 15.1 Å². The van der Waals surface area contributed by atoms with Crippen LogP contribution in [0, 0.1) is 0 Å². The summed E-state index contributed by atoms with van der Waals surface area (Å²) in [4.78, 5) is 28.3. The molecule has 8 heteroatoms. The molecule has 3 heterocycles. The second kappa shape index (κ2) is 9.54. The third kappa shape index (κ3) is 6.00. The standard InChI is InChI=1S/C14H20ClN3.C4H4O4/c1-17-12-3-2-4-13(17)10-18(6-5-12)14-7-11(15)8-16-9-14;5-3(6)1-2-4(7)8/h7-9,12-13H,2-6,10H2,1H3;1-2H,(H,5,6)(H,7,8)/b;2-1+. The Morgan fingerprint density at radius 3 is 2.42 bits per heavy atom. The molecule has 142 valence electrons. The fourth-order valence-electron chi connectivity index (χ4n) is 3.46. The quantitative estimate of drug-likeness (QED) is 0.777. The molecule has 3 rings (SSSR count). The summed E-state index contributed by atoms with van der Waals surface area (Å²) in [6.45, 7) is 2.22. The van der Waals surface area contributed by atoms with Crippen LogP contribution in [-0.4, -0.2) is 64.3 Å². The average molecular weight is 382 g/mol. The molecule has 2 unspecified atom stereocenters. The van der Waals surface area contributed by atoms with Gasteiger partial charge in [0.25, 0.3) is 0 Å². The number of carboxylic acid groups (broad SMARTS) is 2. The fourth-order valence-corrected chi connectivity index (χ4v) is 3.63. The Morgan fingerprint density at radius 2 is 1.81 bits per heavy atom. The Balaban J connectivity index is 0.000000260. The van der Waals surface area contributed by atoms with E-state index in [1.165, 1.54) is 31.4 Å². The maximum Gasteiger partial charge on any atom is 0.328 e. The normalized spacial score (nSPS) is 23.1. The van der Waals surface area contributed by atoms with Crippen LogP contribution in [0.4, 0.5) is 5.69 Å². The smallest absolute Gasteiger partial charge is 0.328 e. The van der Waals surface area contributed by atoms with Crippen molar-refractivity contribution in [1.29, 1.82) is 0 Å². The number of nitrogens with zero attached hydrogens (tertiary/aromatic N) is 3. The van der Waals surface area contributed by atoms with E-state index in [0.717, 1.165) is 24.2 Å². The molecule has 0 amide bonds. The van der Waals surface area contributed by atoms with Gasteiger partial charge in [-0.15, -0.1) is 0 Å². The first-order valence-corrected chi connectivity index (χ1v) is 8.96. The first-order valence-electron chi connectivity index (χ1n) is 8.58. The molecular formula is C18H24ClN3O4. The number of pyridine rings is 1. The number of hydrogen-bond donors (Lipinski definition) is 2. The maximum absolute atomic E-state index is 9.55. The largest absolute Gasteiger partial charge is 0.478 e. The van der Waals surface area contributed by atoms with Gasteiger partial charge in [-0.3, -0.25) is 9.88 Å². The minimum atomic E-state index is -1.26. The van der Waals surface area contributed by atoms with Gasteiger partial charge in [-0.2, -0.15) is 0 Å². The summed E-state index contributed by atoms with van der Waals surface area (Å²) in [5.41, 5.74) is 1.17. The minimum absolute atomic E-state index is 0.558. The first kappa shape index (κ1) is 20.2. The van der Waals surface area contributed by atoms with Gasteiger partial charge in [0.2, 0.25) is 0 Å². The molecule has 2 saturated heterocycles. The van der Waals surface area contributed by atoms with Gasteiger partial charge in [0.1, 0.15) is 0 Å². The number of carbonyl (C=O) groups is 2. The summed E-state index contributed by atoms with van der Waals surface area (Å²) < 4.78 is 0. The van der Waals surface area contributed by atoms with Gasteiger partial charge in [-0.05, 0) is 32.4 Å². The van der Waals surface area contributed by atoms with Crippen LogP contribution in [0.5, 0.6) is 0 Å². The van der Waals surface area contributed by atoms with E-state index in [2.05, 4.69) is 21.8 Å². The van der Waals surface area contributed by atoms with Crippen LogP contribution in [-0.2, 0) is 9.59 Å². The van der Waals surface area contributed by atoms with Crippen molar-refractivity contribution in [3.8, 4) is 0 Å². The van der Waals surface area contributed by atoms with Gasteiger partial charge in [-0.25, -0.2) is 9.59 Å². The molecule has 2 aliphatic heterocycles. The van der Waals surface area contributed by atoms with Crippen molar-refractivity contribution in [3.05, 3.63) is 35.6 Å². The molecule has 26 heavy (non-hydrogen) atoms. The van der Waals surface area contributed by atoms with E-state index in [1.54, 1.807) is 6.20 Å². The molecule has 1 aromatic heterocycles. The molecule has 2 aliphatic rings. The number of aliphatic carboxylic acids is 2. The number of fused-ring (bicyclic) bond motifs is 2. The summed E-state index contributed by atoms with van der Waals surface area (Å²) in [6, 6.07) is 3.48. The third-order valence-corrected chi connectivity index (χ3v) is 5.02. The van der Waals surface area contributed by atoms with Gasteiger partial charge in [0.05, 0.1) is 16.9 Å². The number of rotatable bonds is 3. The molecule has 7 nitrogen and oxygen atoms in total. The van der Waals surface area contributed by atoms with Crippen LogP contribution in [0.1, 0.15) is 25.7 Å². The molecule has 2 N–H and O–H groups in total. The predicted octanol–water partition coefficient (Wildman–Crippen LogP) is 2.51. The molecule has 2 fully saturated rings. The highest BCUT2D eigenvalue weighted by molar-refractivity contribution is 6.30. The summed E-state index contributed by atoms with van der Waals surface area (Å²) in [5.74, 6) is -2.51. The van der Waals surface area contributed by atoms with E-state index in [9.17, 15) is 9.59 Å². The van der Waals surface area contributed by atoms with Crippen molar-refractivity contribution in [2.45, 2.75) is 37.8 Å². The van der Waals surface area contributed by atoms with Crippen molar-refractivity contribution >= 4 is 29.2 Å². The Bertz CT molecular complexity index is 652. The predicted molar refractivity (Wildman–Crippen MR) is 99.7 cm³/mol. The van der Waals surface area contributed by atoms with E-state index in [1.807, 2.05) is 12.3 Å². The highest BCUT2D eigenvalue weighted by Crippen LogP contribution is 2.29. The SMILES string of the molecule is CN1C2CCCC1CN(c1cncc(Cl)c1)CC2.O=C(O)/C=C/C(=O)O. The lowest BCUT2D eigenvalue weighted by Gasteiger charge is -2.37. The maximum atomic E-state index is 9.55. The number of piperidine rings is 1. The van der Waals surface area contributed by atoms with E-state index in [4.69, 9.17) is 21.8 Å². The van der Waals surface area contributed by atoms with Crippen LogP contribution >= 0.6 is 11.6 Å². The molecule has 0 radical (unpaired) electrons. The van der Waals surface area contributed by atoms with E-state index in [-0.39, 0.29) is 0 Å². The third-order valence-electron chi connectivity index (χ3n) is 4.81. The highest BCUT2D eigenvalue weighted by Gasteiger charge is 2.32. The van der Waals surface area contributed by atoms with Crippen molar-refractivity contribution in [1.82, 2.24) is 9.88 Å². The highest BCUT2D eigenvalue weighted by atomic mass is 35.5. The summed E-state index contributed by atoms with van der Waals surface area (Å²) >= 11 is 6.05. The first-order chi connectivity index (χ1) is 12.4. The zero-order valence-corrected chi connectivity index (χ0v) is 15.5. The zero-order chi connectivity index (χ0) is 19.1. The minimum Gasteiger partial charge on any atom is -0.478 e. The van der Waals surface area contributed by atoms with E-state index in [0.29, 0.717) is 18.2 Å². The van der Waals surface area contributed by atoms with Crippen LogP contribution in [0.15, 0.2) is 30.6 Å². The van der Waals surface area contributed by atoms with Gasteiger partial charge in [0, 0.05) is 43.5 Å². The van der Waals surface area contributed by atoms with Gasteiger partial charge >= 0.3 is 11.9 Å². The molecule has 0 aromatic carbocycles. The number of halogens is 1. The van der Waals surface area contributed by atoms with Gasteiger partial charge in [0.15, 0.2) is 0 Å². The second-order valence-electron chi connectivity index (χ2n) is 6.51. The van der Waals surface area contributed by atoms with Crippen LogP contribution in [0.3, 0.4) is 0 Å². The second-order valence-corrected chi connectivity index (χ2v) is 6.95. The molecule has 2 bridgehead atoms. The fraction of sp³-hybridized carbons (Fsp3) is 0.500. The van der Waals surface area contributed by atoms with Crippen molar-refractivity contribution < 1.29 is 19.8 Å². The summed E-state index contributed by atoms with van der Waals surface area (Å²) in [6.07, 6.45) is 10.0. The number of likely N-dealkylation sites (N-methyl/N-ethyl adjacent to an activating group) is 1. The average Bonchev–Trinajstić information content (AvgIpc) is 2.68. The van der Waals surface area contributed by atoms with Crippen molar-refractivity contribution in [2.75, 3.05) is 25.0 Å². The Labute approximate surface area is 157 Å². The summed E-state index contributed by atoms with van der Waals surface area (Å²) in [5, 5.41) is 16.4. The van der Waals surface area contributed by atoms with E-state index >= 15 is 0 Å². The molecule has 0 saturated carbocycles. The Kier molecular flexibility index (Phi) is 7.41. The monoisotopic (exact) mass is 381 g/mol. The lowest BCUT2D eigenvalue weighted by molar-refractivity contribution is -0.134. The molecule has 1 aromatic rings. The van der Waals surface area contributed by atoms with Gasteiger partial charge in [-0.1, -0.05) is 18.0 Å². The number of anilines is 1. The molecule has 0 aliphatic carbocycles. The van der Waals surface area contributed by atoms with Crippen LogP contribution in [0.25, 0.3) is 0 Å². The number of carboxylic acids is 2. The Hall–Kier alpha value is -2.12. The molecular weight excluding hydrogens is 358 g/mol. The molecule has 0 spiro atoms. The van der Waals surface area contributed by atoms with Crippen LogP contribution < -0.4 is 4.90 Å². The molecule has 2 atom stereocenters. The lowest BCUT2D eigenvalue weighted by Crippen LogP contribution is -2.45.